The predicted octanol–water partition coefficient (Wildman–Crippen LogP) is 13.9. The zero-order chi connectivity index (χ0) is 53.0. The lowest BCUT2D eigenvalue weighted by Gasteiger charge is -2.46. The second-order valence-corrected chi connectivity index (χ2v) is 16.3. The maximum atomic E-state index is 14.2. The molecule has 70 heavy (non-hydrogen) atoms. The van der Waals surface area contributed by atoms with Crippen molar-refractivity contribution in [1.29, 1.82) is 0 Å². The predicted molar refractivity (Wildman–Crippen MR) is 205 cm³/mol. The van der Waals surface area contributed by atoms with Gasteiger partial charge < -0.3 is 0 Å². The van der Waals surface area contributed by atoms with Gasteiger partial charge in [0.25, 0.3) is 5.51 Å². The minimum Gasteiger partial charge on any atom is -0.231 e. The van der Waals surface area contributed by atoms with Crippen molar-refractivity contribution in [2.24, 2.45) is 0 Å². The van der Waals surface area contributed by atoms with Crippen LogP contribution in [0.15, 0.2) is 119 Å². The number of halogens is 25. The molecule has 0 N–H and O–H groups in total. The van der Waals surface area contributed by atoms with Crippen molar-refractivity contribution in [2.75, 3.05) is 0 Å². The average molecular weight is 1120 g/mol. The number of aromatic nitrogens is 1. The summed E-state index contributed by atoms with van der Waals surface area (Å²) in [5.74, 6) is 0.826. The summed E-state index contributed by atoms with van der Waals surface area (Å²) in [4.78, 5) is 5.48. The van der Waals surface area contributed by atoms with E-state index in [1.165, 1.54) is 0 Å². The highest BCUT2D eigenvalue weighted by atomic mass is 79.9. The van der Waals surface area contributed by atoms with E-state index in [2.05, 4.69) is 15.9 Å². The second kappa shape index (κ2) is 18.9. The normalized spacial score (nSPS) is 13.5. The van der Waals surface area contributed by atoms with Gasteiger partial charge in [-0.05, 0) is 48.5 Å². The molecule has 0 aliphatic heterocycles. The number of alkyl halides is 24. The van der Waals surface area contributed by atoms with Crippen molar-refractivity contribution < 1.29 is 115 Å². The molecule has 5 aromatic carbocycles. The molecular weight excluding hydrogens is 1100 g/mol. The van der Waals surface area contributed by atoms with Crippen LogP contribution in [0.3, 0.4) is 0 Å². The molecule has 378 valence electrons. The van der Waals surface area contributed by atoms with Crippen molar-refractivity contribution in [3.8, 4) is 5.75 Å². The molecule has 0 aliphatic carbocycles. The third-order valence-electron chi connectivity index (χ3n) is 9.92. The van der Waals surface area contributed by atoms with E-state index in [0.29, 0.717) is 0 Å². The molecule has 0 radical (unpaired) electrons. The summed E-state index contributed by atoms with van der Waals surface area (Å²) >= 11 is 4.95. The SMILES string of the molecule is Brc1ccc(O[n+]2ccsc2)cc1.FC(F)(F)c1cc([B-](c2cc(C(F)(F)F)cc(C(F)(F)F)c2)(c2cc(C(F)(F)F)cc(C(F)(F)F)c2)c2cc(C(F)(F)F)cc(C(F)(F)F)c2)cc(C(F)(F)F)c1. The Hall–Kier alpha value is -5.61. The Bertz CT molecular complexity index is 2360. The minimum absolute atomic E-state index is 0.691. The van der Waals surface area contributed by atoms with Crippen LogP contribution in [0.2, 0.25) is 0 Å². The van der Waals surface area contributed by atoms with Crippen molar-refractivity contribution in [2.45, 2.75) is 49.4 Å². The van der Waals surface area contributed by atoms with Crippen molar-refractivity contribution in [3.63, 3.8) is 0 Å². The fourth-order valence-electron chi connectivity index (χ4n) is 6.97. The molecule has 29 heteroatoms. The van der Waals surface area contributed by atoms with Crippen LogP contribution in [0.25, 0.3) is 0 Å². The fraction of sp³-hybridized carbons (Fsp3) is 0.195. The van der Waals surface area contributed by atoms with E-state index in [4.69, 9.17) is 4.84 Å². The lowest BCUT2D eigenvalue weighted by Crippen LogP contribution is -2.75. The van der Waals surface area contributed by atoms with Gasteiger partial charge in [0.05, 0.1) is 49.9 Å². The Morgan fingerprint density at radius 3 is 0.771 bits per heavy atom. The highest BCUT2D eigenvalue weighted by Crippen LogP contribution is 2.41. The number of rotatable bonds is 6. The summed E-state index contributed by atoms with van der Waals surface area (Å²) in [5, 5.41) is 1.96. The number of hydrogen-bond acceptors (Lipinski definition) is 2. The quantitative estimate of drug-likeness (QED) is 0.0920. The first kappa shape index (κ1) is 55.3. The number of benzene rings is 5. The summed E-state index contributed by atoms with van der Waals surface area (Å²) in [6.45, 7) is 0. The van der Waals surface area contributed by atoms with Gasteiger partial charge in [0.2, 0.25) is 11.9 Å². The van der Waals surface area contributed by atoms with Crippen LogP contribution in [0.5, 0.6) is 5.75 Å². The third kappa shape index (κ3) is 12.8. The van der Waals surface area contributed by atoms with E-state index in [-0.39, 0.29) is 0 Å². The average Bonchev–Trinajstić information content (AvgIpc) is 3.72. The number of nitrogens with zero attached hydrogens (tertiary/aromatic N) is 1. The van der Waals surface area contributed by atoms with Gasteiger partial charge >= 0.3 is 49.4 Å². The van der Waals surface area contributed by atoms with Crippen LogP contribution in [-0.4, -0.2) is 6.15 Å². The molecule has 1 heterocycles. The molecule has 1 aromatic heterocycles. The molecule has 0 saturated carbocycles. The van der Waals surface area contributed by atoms with Crippen LogP contribution < -0.4 is 31.4 Å². The van der Waals surface area contributed by atoms with Gasteiger partial charge in [0.1, 0.15) is 6.15 Å². The summed E-state index contributed by atoms with van der Waals surface area (Å²) in [7, 11) is 0. The molecule has 6 aromatic rings. The van der Waals surface area contributed by atoms with E-state index < -0.39 is 195 Å². The van der Waals surface area contributed by atoms with Crippen LogP contribution in [0, 0.1) is 0 Å². The first-order chi connectivity index (χ1) is 31.6. The zero-order valence-electron chi connectivity index (χ0n) is 33.3. The summed E-state index contributed by atoms with van der Waals surface area (Å²) in [6.07, 6.45) is -52.9. The Morgan fingerprint density at radius 1 is 0.357 bits per heavy atom. The number of hydrogen-bond donors (Lipinski definition) is 0. The monoisotopic (exact) mass is 1120 g/mol. The third-order valence-corrected chi connectivity index (χ3v) is 11.1. The summed E-state index contributed by atoms with van der Waals surface area (Å²) in [5.41, 5.74) is -28.3. The van der Waals surface area contributed by atoms with Gasteiger partial charge in [-0.3, -0.25) is 0 Å². The van der Waals surface area contributed by atoms with Crippen LogP contribution in [-0.2, 0) is 49.4 Å². The van der Waals surface area contributed by atoms with Crippen molar-refractivity contribution in [3.05, 3.63) is 163 Å². The number of thiazole rings is 1. The van der Waals surface area contributed by atoms with E-state index in [1.54, 1.807) is 16.1 Å². The van der Waals surface area contributed by atoms with E-state index in [1.807, 2.05) is 41.4 Å². The molecule has 0 amide bonds. The van der Waals surface area contributed by atoms with Crippen LogP contribution in [0.1, 0.15) is 44.5 Å². The van der Waals surface area contributed by atoms with E-state index >= 15 is 0 Å². The van der Waals surface area contributed by atoms with Crippen LogP contribution >= 0.6 is 27.3 Å². The Balaban J connectivity index is 0.000000600. The molecule has 0 fully saturated rings. The first-order valence-corrected chi connectivity index (χ1v) is 20.1. The van der Waals surface area contributed by atoms with Gasteiger partial charge in [-0.2, -0.15) is 127 Å². The smallest absolute Gasteiger partial charge is 0.231 e. The lowest BCUT2D eigenvalue weighted by molar-refractivity contribution is -0.871. The molecule has 0 spiro atoms. The fourth-order valence-corrected chi connectivity index (χ4v) is 7.72. The summed E-state index contributed by atoms with van der Waals surface area (Å²) < 4.78 is 344. The highest BCUT2D eigenvalue weighted by Gasteiger charge is 2.47. The molecule has 2 nitrogen and oxygen atoms in total. The Labute approximate surface area is 387 Å². The highest BCUT2D eigenvalue weighted by molar-refractivity contribution is 9.10. The minimum atomic E-state index is -6.13. The first-order valence-electron chi connectivity index (χ1n) is 18.3. The van der Waals surface area contributed by atoms with Gasteiger partial charge in [0.15, 0.2) is 0 Å². The molecular formula is C41H19BBrF24NOS. The lowest BCUT2D eigenvalue weighted by atomic mass is 9.12. The molecule has 0 saturated heterocycles. The summed E-state index contributed by atoms with van der Waals surface area (Å²) in [6, 6.07) is -1.09. The van der Waals surface area contributed by atoms with Crippen molar-refractivity contribution in [1.82, 2.24) is 0 Å². The molecule has 0 bridgehead atoms. The largest absolute Gasteiger partial charge is 0.416 e. The van der Waals surface area contributed by atoms with E-state index in [0.717, 1.165) is 10.2 Å². The molecule has 0 aliphatic rings. The topological polar surface area (TPSA) is 13.1 Å². The Morgan fingerprint density at radius 2 is 0.586 bits per heavy atom. The van der Waals surface area contributed by atoms with Crippen LogP contribution in [0.4, 0.5) is 105 Å². The van der Waals surface area contributed by atoms with Crippen molar-refractivity contribution >= 4 is 55.3 Å². The molecule has 0 atom stereocenters. The molecule has 0 unspecified atom stereocenters. The van der Waals surface area contributed by atoms with E-state index in [9.17, 15) is 105 Å². The van der Waals surface area contributed by atoms with Gasteiger partial charge in [-0.15, -0.1) is 0 Å². The zero-order valence-corrected chi connectivity index (χ0v) is 35.7. The van der Waals surface area contributed by atoms with Gasteiger partial charge in [0, 0.05) is 9.20 Å². The second-order valence-electron chi connectivity index (χ2n) is 14.7. The van der Waals surface area contributed by atoms with Gasteiger partial charge in [-0.1, -0.05) is 75.8 Å². The molecule has 6 rings (SSSR count). The maximum absolute atomic E-state index is 14.2. The Kier molecular flexibility index (Phi) is 14.9. The standard InChI is InChI=1S/C32H12BF24.C9H7BrNOS/c34-25(35,36)13-1-14(26(37,38)39)6-21(5-13)33(22-7-15(27(40,41)42)2-16(8-22)28(43,44)45,23-9-17(29(46,47)48)3-18(10-23)30(49,50)51)24-11-19(31(52,53)54)4-20(12-24)32(55,56)57;10-8-1-3-9(4-2-8)12-11-5-6-13-7-11/h1-12H;1-7H/q-1;+1. The van der Waals surface area contributed by atoms with Gasteiger partial charge in [-0.25, -0.2) is 4.84 Å². The maximum Gasteiger partial charge on any atom is 0.416 e.